The predicted octanol–water partition coefficient (Wildman–Crippen LogP) is 3.63. The van der Waals surface area contributed by atoms with Crippen molar-refractivity contribution in [2.24, 2.45) is 11.8 Å². The normalized spacial score (nSPS) is 13.1. The quantitative estimate of drug-likeness (QED) is 0.835. The van der Waals surface area contributed by atoms with Gasteiger partial charge >= 0.3 is 0 Å². The van der Waals surface area contributed by atoms with E-state index in [0.717, 1.165) is 12.2 Å². The Hall–Kier alpha value is -1.02. The lowest BCUT2D eigenvalue weighted by Gasteiger charge is -2.20. The third-order valence-electron chi connectivity index (χ3n) is 3.59. The fourth-order valence-electron chi connectivity index (χ4n) is 2.18. The molecule has 0 aliphatic carbocycles. The minimum absolute atomic E-state index is 0.251. The average molecular weight is 250 g/mol. The van der Waals surface area contributed by atoms with E-state index < -0.39 is 0 Å². The molecule has 0 spiro atoms. The summed E-state index contributed by atoms with van der Waals surface area (Å²) < 4.78 is 5.39. The number of rotatable bonds is 6. The van der Waals surface area contributed by atoms with Gasteiger partial charge in [-0.15, -0.1) is 0 Å². The third kappa shape index (κ3) is 3.74. The average Bonchev–Trinajstić information content (AvgIpc) is 2.35. The summed E-state index contributed by atoms with van der Waals surface area (Å²) in [5.41, 5.74) is 2.53. The molecule has 2 nitrogen and oxygen atoms in total. The van der Waals surface area contributed by atoms with E-state index in [0.29, 0.717) is 17.8 Å². The summed E-state index contributed by atoms with van der Waals surface area (Å²) in [6.45, 7) is 8.92. The van der Waals surface area contributed by atoms with Crippen LogP contribution in [0, 0.1) is 11.8 Å². The first-order chi connectivity index (χ1) is 8.49. The number of benzene rings is 1. The molecule has 1 aromatic carbocycles. The molecule has 1 unspecified atom stereocenters. The molecule has 0 amide bonds. The van der Waals surface area contributed by atoms with Crippen LogP contribution in [-0.2, 0) is 6.42 Å². The van der Waals surface area contributed by atoms with Crippen molar-refractivity contribution < 1.29 is 9.84 Å². The molecular formula is C16H26O2. The van der Waals surface area contributed by atoms with E-state index >= 15 is 0 Å². The van der Waals surface area contributed by atoms with E-state index in [-0.39, 0.29) is 6.61 Å². The van der Waals surface area contributed by atoms with Crippen LogP contribution in [0.3, 0.4) is 0 Å². The van der Waals surface area contributed by atoms with Crippen molar-refractivity contribution in [1.29, 1.82) is 0 Å². The molecule has 0 heterocycles. The molecule has 1 aromatic rings. The van der Waals surface area contributed by atoms with Gasteiger partial charge in [-0.2, -0.15) is 0 Å². The van der Waals surface area contributed by atoms with Crippen LogP contribution in [-0.4, -0.2) is 18.8 Å². The van der Waals surface area contributed by atoms with Gasteiger partial charge in [0.15, 0.2) is 0 Å². The van der Waals surface area contributed by atoms with Crippen molar-refractivity contribution in [2.75, 3.05) is 13.7 Å². The molecule has 0 aromatic heterocycles. The lowest BCUT2D eigenvalue weighted by atomic mass is 9.88. The Morgan fingerprint density at radius 1 is 1.17 bits per heavy atom. The first-order valence-electron chi connectivity index (χ1n) is 6.77. The minimum atomic E-state index is 0.251. The molecule has 0 saturated heterocycles. The van der Waals surface area contributed by atoms with E-state index in [1.54, 1.807) is 7.11 Å². The Balaban J connectivity index is 2.94. The van der Waals surface area contributed by atoms with Gasteiger partial charge in [0.05, 0.1) is 7.11 Å². The highest BCUT2D eigenvalue weighted by atomic mass is 16.5. The summed E-state index contributed by atoms with van der Waals surface area (Å²) in [4.78, 5) is 0. The van der Waals surface area contributed by atoms with Gasteiger partial charge in [-0.25, -0.2) is 0 Å². The number of aliphatic hydroxyl groups is 1. The lowest BCUT2D eigenvalue weighted by Crippen LogP contribution is -2.16. The second-order valence-corrected chi connectivity index (χ2v) is 5.62. The number of hydrogen-bond acceptors (Lipinski definition) is 2. The summed E-state index contributed by atoms with van der Waals surface area (Å²) in [5, 5.41) is 9.41. The molecule has 0 aliphatic rings. The van der Waals surface area contributed by atoms with Crippen LogP contribution in [0.1, 0.15) is 44.7 Å². The van der Waals surface area contributed by atoms with Gasteiger partial charge < -0.3 is 9.84 Å². The maximum atomic E-state index is 9.41. The lowest BCUT2D eigenvalue weighted by molar-refractivity contribution is 0.189. The van der Waals surface area contributed by atoms with Crippen molar-refractivity contribution in [3.05, 3.63) is 29.3 Å². The minimum Gasteiger partial charge on any atom is -0.496 e. The molecule has 1 N–H and O–H groups in total. The fourth-order valence-corrected chi connectivity index (χ4v) is 2.18. The van der Waals surface area contributed by atoms with E-state index in [1.807, 2.05) is 6.07 Å². The highest BCUT2D eigenvalue weighted by Gasteiger charge is 2.15. The zero-order valence-electron chi connectivity index (χ0n) is 12.2. The van der Waals surface area contributed by atoms with Crippen molar-refractivity contribution >= 4 is 0 Å². The number of aliphatic hydroxyl groups excluding tert-OH is 1. The van der Waals surface area contributed by atoms with Crippen LogP contribution in [0.25, 0.3) is 0 Å². The highest BCUT2D eigenvalue weighted by molar-refractivity contribution is 5.39. The SMILES string of the molecule is COc1ccc(CC(CO)C(C)C)cc1C(C)C. The standard InChI is InChI=1S/C16H26O2/c1-11(2)14(10-17)8-13-6-7-16(18-5)15(9-13)12(3)4/h6-7,9,11-12,14,17H,8,10H2,1-5H3. The second-order valence-electron chi connectivity index (χ2n) is 5.62. The second kappa shape index (κ2) is 6.79. The molecule has 0 fully saturated rings. The summed E-state index contributed by atoms with van der Waals surface area (Å²) in [7, 11) is 1.71. The molecule has 0 radical (unpaired) electrons. The van der Waals surface area contributed by atoms with Crippen molar-refractivity contribution in [2.45, 2.75) is 40.0 Å². The molecule has 102 valence electrons. The van der Waals surface area contributed by atoms with Crippen LogP contribution < -0.4 is 4.74 Å². The predicted molar refractivity (Wildman–Crippen MR) is 76.2 cm³/mol. The number of ether oxygens (including phenoxy) is 1. The van der Waals surface area contributed by atoms with Gasteiger partial charge in [0.1, 0.15) is 5.75 Å². The molecule has 1 atom stereocenters. The topological polar surface area (TPSA) is 29.5 Å². The van der Waals surface area contributed by atoms with Crippen LogP contribution in [0.4, 0.5) is 0 Å². The Morgan fingerprint density at radius 3 is 2.28 bits per heavy atom. The fraction of sp³-hybridized carbons (Fsp3) is 0.625. The zero-order chi connectivity index (χ0) is 13.7. The number of methoxy groups -OCH3 is 1. The summed E-state index contributed by atoms with van der Waals surface area (Å²) in [6, 6.07) is 6.36. The van der Waals surface area contributed by atoms with Crippen molar-refractivity contribution in [3.8, 4) is 5.75 Å². The summed E-state index contributed by atoms with van der Waals surface area (Å²) in [6.07, 6.45) is 0.928. The summed E-state index contributed by atoms with van der Waals surface area (Å²) >= 11 is 0. The zero-order valence-corrected chi connectivity index (χ0v) is 12.2. The van der Waals surface area contributed by atoms with Crippen LogP contribution in [0.15, 0.2) is 18.2 Å². The van der Waals surface area contributed by atoms with Gasteiger partial charge in [-0.1, -0.05) is 39.8 Å². The number of hydrogen-bond donors (Lipinski definition) is 1. The Kier molecular flexibility index (Phi) is 5.67. The summed E-state index contributed by atoms with van der Waals surface area (Å²) in [5.74, 6) is 2.24. The molecule has 1 rings (SSSR count). The van der Waals surface area contributed by atoms with E-state index in [2.05, 4.69) is 39.8 Å². The van der Waals surface area contributed by atoms with Gasteiger partial charge in [0.2, 0.25) is 0 Å². The molecular weight excluding hydrogens is 224 g/mol. The van der Waals surface area contributed by atoms with Crippen LogP contribution in [0.2, 0.25) is 0 Å². The monoisotopic (exact) mass is 250 g/mol. The first kappa shape index (κ1) is 15.0. The maximum Gasteiger partial charge on any atom is 0.122 e. The van der Waals surface area contributed by atoms with Gasteiger partial charge in [-0.05, 0) is 41.4 Å². The first-order valence-corrected chi connectivity index (χ1v) is 6.77. The maximum absolute atomic E-state index is 9.41. The highest BCUT2D eigenvalue weighted by Crippen LogP contribution is 2.28. The van der Waals surface area contributed by atoms with Crippen LogP contribution >= 0.6 is 0 Å². The van der Waals surface area contributed by atoms with E-state index in [1.165, 1.54) is 11.1 Å². The largest absolute Gasteiger partial charge is 0.496 e. The molecule has 0 bridgehead atoms. The van der Waals surface area contributed by atoms with Gasteiger partial charge in [0.25, 0.3) is 0 Å². The van der Waals surface area contributed by atoms with Gasteiger partial charge in [0, 0.05) is 6.61 Å². The van der Waals surface area contributed by atoms with E-state index in [9.17, 15) is 5.11 Å². The van der Waals surface area contributed by atoms with Crippen LogP contribution in [0.5, 0.6) is 5.75 Å². The Morgan fingerprint density at radius 2 is 1.83 bits per heavy atom. The molecule has 0 saturated carbocycles. The molecule has 0 aliphatic heterocycles. The van der Waals surface area contributed by atoms with Gasteiger partial charge in [-0.3, -0.25) is 0 Å². The third-order valence-corrected chi connectivity index (χ3v) is 3.59. The van der Waals surface area contributed by atoms with E-state index in [4.69, 9.17) is 4.74 Å². The molecule has 18 heavy (non-hydrogen) atoms. The molecule has 2 heteroatoms. The van der Waals surface area contributed by atoms with Crippen molar-refractivity contribution in [1.82, 2.24) is 0 Å². The Labute approximate surface area is 111 Å². The Bertz CT molecular complexity index is 369. The smallest absolute Gasteiger partial charge is 0.122 e. The van der Waals surface area contributed by atoms with Crippen molar-refractivity contribution in [3.63, 3.8) is 0 Å².